The smallest absolute Gasteiger partial charge is 0.264 e. The van der Waals surface area contributed by atoms with E-state index in [1.807, 2.05) is 0 Å². The number of nitrogens with zero attached hydrogens (tertiary/aromatic N) is 2. The summed E-state index contributed by atoms with van der Waals surface area (Å²) in [6.45, 7) is 0.470. The van der Waals surface area contributed by atoms with Crippen LogP contribution in [-0.4, -0.2) is 49.6 Å². The molecule has 2 atom stereocenters. The highest BCUT2D eigenvalue weighted by atomic mass is 35.5. The van der Waals surface area contributed by atoms with Crippen molar-refractivity contribution >= 4 is 29.6 Å². The maximum atomic E-state index is 12.4. The molecule has 1 fully saturated rings. The van der Waals surface area contributed by atoms with Crippen LogP contribution in [0.3, 0.4) is 0 Å². The summed E-state index contributed by atoms with van der Waals surface area (Å²) in [6, 6.07) is 6.57. The number of hydrogen-bond acceptors (Lipinski definition) is 3. The zero-order chi connectivity index (χ0) is 15.4. The summed E-state index contributed by atoms with van der Waals surface area (Å²) in [6.07, 6.45) is 1.92. The van der Waals surface area contributed by atoms with Crippen LogP contribution in [0, 0.1) is 5.92 Å². The van der Waals surface area contributed by atoms with Crippen LogP contribution >= 0.6 is 11.6 Å². The number of carbonyl (C=O) groups excluding carboxylic acids is 2. The largest absolute Gasteiger partial charge is 0.369 e. The van der Waals surface area contributed by atoms with Gasteiger partial charge in [0.1, 0.15) is 0 Å². The fourth-order valence-electron chi connectivity index (χ4n) is 2.27. The molecule has 1 aromatic rings. The van der Waals surface area contributed by atoms with Gasteiger partial charge in [-0.25, -0.2) is 4.99 Å². The van der Waals surface area contributed by atoms with Crippen molar-refractivity contribution < 1.29 is 9.59 Å². The number of amides is 1. The number of carbonyl (C=O) groups is 2. The molecule has 1 aliphatic heterocycles. The first-order valence-electron chi connectivity index (χ1n) is 6.75. The summed E-state index contributed by atoms with van der Waals surface area (Å²) >= 11 is 6.04. The van der Waals surface area contributed by atoms with Gasteiger partial charge in [0.25, 0.3) is 5.91 Å². The molecule has 0 aromatic heterocycles. The topological polar surface area (TPSA) is 61.8 Å². The highest BCUT2D eigenvalue weighted by Crippen LogP contribution is 2.24. The Morgan fingerprint density at radius 3 is 2.76 bits per heavy atom. The first kappa shape index (κ1) is 15.7. The Labute approximate surface area is 129 Å². The van der Waals surface area contributed by atoms with Gasteiger partial charge in [-0.2, -0.15) is 0 Å². The van der Waals surface area contributed by atoms with E-state index in [0.717, 1.165) is 0 Å². The van der Waals surface area contributed by atoms with Crippen LogP contribution in [0.2, 0.25) is 5.02 Å². The van der Waals surface area contributed by atoms with Crippen molar-refractivity contribution in [2.45, 2.75) is 12.5 Å². The highest BCUT2D eigenvalue weighted by molar-refractivity contribution is 6.34. The normalized spacial score (nSPS) is 21.7. The summed E-state index contributed by atoms with van der Waals surface area (Å²) in [5.74, 6) is -0.522. The number of halogens is 1. The van der Waals surface area contributed by atoms with Gasteiger partial charge in [-0.1, -0.05) is 23.7 Å². The minimum absolute atomic E-state index is 0.0278. The molecule has 0 aliphatic carbocycles. The number of nitrogens with one attached hydrogen (secondary N) is 1. The molecule has 1 saturated heterocycles. The van der Waals surface area contributed by atoms with Crippen LogP contribution in [0.25, 0.3) is 0 Å². The van der Waals surface area contributed by atoms with Crippen LogP contribution in [0.15, 0.2) is 29.3 Å². The van der Waals surface area contributed by atoms with Gasteiger partial charge in [-0.05, 0) is 18.6 Å². The summed E-state index contributed by atoms with van der Waals surface area (Å²) in [5.41, 5.74) is 0.510. The third-order valence-corrected chi connectivity index (χ3v) is 3.68. The second-order valence-electron chi connectivity index (χ2n) is 5.28. The van der Waals surface area contributed by atoms with Gasteiger partial charge in [0.05, 0.1) is 17.4 Å². The lowest BCUT2D eigenvalue weighted by Crippen LogP contribution is -2.30. The Morgan fingerprint density at radius 1 is 1.38 bits per heavy atom. The van der Waals surface area contributed by atoms with Crippen LogP contribution in [0.4, 0.5) is 0 Å². The van der Waals surface area contributed by atoms with E-state index in [2.05, 4.69) is 10.3 Å². The standard InChI is InChI=1S/C15H18ClN3O2/c1-19(2)9-18-15(21)13-7-10(8-17-13)14(20)11-5-3-4-6-12(11)16/h3-6,9-10,13,17H,7-8H2,1-2H3. The lowest BCUT2D eigenvalue weighted by Gasteiger charge is -2.09. The van der Waals surface area contributed by atoms with E-state index in [4.69, 9.17) is 11.6 Å². The summed E-state index contributed by atoms with van der Waals surface area (Å²) < 4.78 is 0. The van der Waals surface area contributed by atoms with Gasteiger partial charge in [0.15, 0.2) is 5.78 Å². The van der Waals surface area contributed by atoms with Gasteiger partial charge >= 0.3 is 0 Å². The number of aliphatic imine (C=N–C) groups is 1. The van der Waals surface area contributed by atoms with Crippen LogP contribution in [0.1, 0.15) is 16.8 Å². The van der Waals surface area contributed by atoms with Gasteiger partial charge < -0.3 is 10.2 Å². The minimum Gasteiger partial charge on any atom is -0.369 e. The van der Waals surface area contributed by atoms with Gasteiger partial charge in [-0.15, -0.1) is 0 Å². The van der Waals surface area contributed by atoms with Crippen LogP contribution in [-0.2, 0) is 4.79 Å². The molecule has 0 saturated carbocycles. The van der Waals surface area contributed by atoms with E-state index in [1.54, 1.807) is 43.3 Å². The molecule has 2 rings (SSSR count). The van der Waals surface area contributed by atoms with Gasteiger partial charge in [-0.3, -0.25) is 9.59 Å². The molecule has 21 heavy (non-hydrogen) atoms. The predicted molar refractivity (Wildman–Crippen MR) is 82.9 cm³/mol. The molecule has 1 amide bonds. The van der Waals surface area contributed by atoms with Crippen molar-refractivity contribution in [3.8, 4) is 0 Å². The quantitative estimate of drug-likeness (QED) is 0.521. The second kappa shape index (κ2) is 6.83. The summed E-state index contributed by atoms with van der Waals surface area (Å²) in [4.78, 5) is 29.9. The van der Waals surface area contributed by atoms with Crippen molar-refractivity contribution in [3.63, 3.8) is 0 Å². The van der Waals surface area contributed by atoms with E-state index in [9.17, 15) is 9.59 Å². The van der Waals surface area contributed by atoms with Crippen molar-refractivity contribution in [2.75, 3.05) is 20.6 Å². The molecule has 1 aromatic carbocycles. The minimum atomic E-state index is -0.405. The molecule has 2 unspecified atom stereocenters. The molecule has 6 heteroatoms. The Kier molecular flexibility index (Phi) is 5.09. The van der Waals surface area contributed by atoms with E-state index in [-0.39, 0.29) is 17.6 Å². The van der Waals surface area contributed by atoms with Crippen LogP contribution < -0.4 is 5.32 Å². The molecule has 0 bridgehead atoms. The van der Waals surface area contributed by atoms with Crippen molar-refractivity contribution in [1.82, 2.24) is 10.2 Å². The van der Waals surface area contributed by atoms with E-state index < -0.39 is 6.04 Å². The van der Waals surface area contributed by atoms with E-state index in [0.29, 0.717) is 23.6 Å². The van der Waals surface area contributed by atoms with Crippen molar-refractivity contribution in [1.29, 1.82) is 0 Å². The number of rotatable bonds is 4. The first-order chi connectivity index (χ1) is 9.99. The molecule has 0 spiro atoms. The third kappa shape index (κ3) is 3.89. The van der Waals surface area contributed by atoms with Crippen molar-refractivity contribution in [3.05, 3.63) is 34.9 Å². The lowest BCUT2D eigenvalue weighted by atomic mass is 9.95. The maximum Gasteiger partial charge on any atom is 0.264 e. The van der Waals surface area contributed by atoms with Gasteiger partial charge in [0.2, 0.25) is 0 Å². The van der Waals surface area contributed by atoms with Crippen LogP contribution in [0.5, 0.6) is 0 Å². The fourth-order valence-corrected chi connectivity index (χ4v) is 2.50. The SMILES string of the molecule is CN(C)C=NC(=O)C1CC(C(=O)c2ccccc2Cl)CN1. The first-order valence-corrected chi connectivity index (χ1v) is 7.13. The molecule has 5 nitrogen and oxygen atoms in total. The van der Waals surface area contributed by atoms with Crippen molar-refractivity contribution in [2.24, 2.45) is 10.9 Å². The molecule has 0 radical (unpaired) electrons. The van der Waals surface area contributed by atoms with Gasteiger partial charge in [0, 0.05) is 32.1 Å². The molecule has 112 valence electrons. The monoisotopic (exact) mass is 307 g/mol. The molecular formula is C15H18ClN3O2. The summed E-state index contributed by atoms with van der Waals surface area (Å²) in [5, 5.41) is 3.50. The Bertz CT molecular complexity index is 572. The highest BCUT2D eigenvalue weighted by Gasteiger charge is 2.34. The number of ketones is 1. The molecule has 1 heterocycles. The number of hydrogen-bond donors (Lipinski definition) is 1. The molecular weight excluding hydrogens is 290 g/mol. The summed E-state index contributed by atoms with van der Waals surface area (Å²) in [7, 11) is 3.59. The van der Waals surface area contributed by atoms with E-state index in [1.165, 1.54) is 6.34 Å². The molecule has 1 N–H and O–H groups in total. The maximum absolute atomic E-state index is 12.4. The zero-order valence-electron chi connectivity index (χ0n) is 12.0. The second-order valence-corrected chi connectivity index (χ2v) is 5.69. The Hall–Kier alpha value is -1.72. The fraction of sp³-hybridized carbons (Fsp3) is 0.400. The molecule has 1 aliphatic rings. The zero-order valence-corrected chi connectivity index (χ0v) is 12.8. The average molecular weight is 308 g/mol. The Balaban J connectivity index is 2.01. The van der Waals surface area contributed by atoms with E-state index >= 15 is 0 Å². The number of Topliss-reactive ketones (excluding diaryl/α,β-unsaturated/α-hetero) is 1. The Morgan fingerprint density at radius 2 is 2.10 bits per heavy atom. The number of benzene rings is 1. The third-order valence-electron chi connectivity index (χ3n) is 3.35. The lowest BCUT2D eigenvalue weighted by molar-refractivity contribution is -0.119. The average Bonchev–Trinajstić information content (AvgIpc) is 2.94. The predicted octanol–water partition coefficient (Wildman–Crippen LogP) is 1.62.